The number of halogens is 1. The number of ether oxygens (including phenoxy) is 1. The van der Waals surface area contributed by atoms with E-state index in [4.69, 9.17) is 10.5 Å². The van der Waals surface area contributed by atoms with Gasteiger partial charge in [-0.15, -0.1) is 12.4 Å². The number of carbonyl (C=O) groups is 2. The van der Waals surface area contributed by atoms with Gasteiger partial charge in [0.25, 0.3) is 5.91 Å². The summed E-state index contributed by atoms with van der Waals surface area (Å²) < 4.78 is 6.28. The van der Waals surface area contributed by atoms with E-state index in [0.717, 1.165) is 0 Å². The Balaban J connectivity index is 0.00000288. The molecule has 2 aromatic rings. The Morgan fingerprint density at radius 1 is 1.33 bits per heavy atom. The number of methoxy groups -OCH3 is 1. The Morgan fingerprint density at radius 2 is 2.08 bits per heavy atom. The van der Waals surface area contributed by atoms with Gasteiger partial charge >= 0.3 is 0 Å². The highest BCUT2D eigenvalue weighted by Crippen LogP contribution is 2.13. The van der Waals surface area contributed by atoms with Crippen LogP contribution >= 0.6 is 12.4 Å². The highest BCUT2D eigenvalue weighted by atomic mass is 35.5. The molecule has 4 N–H and O–H groups in total. The first-order valence-corrected chi connectivity index (χ1v) is 7.04. The second-order valence-corrected chi connectivity index (χ2v) is 4.81. The first-order valence-electron chi connectivity index (χ1n) is 7.04. The zero-order valence-corrected chi connectivity index (χ0v) is 14.0. The molecule has 0 atom stereocenters. The predicted molar refractivity (Wildman–Crippen MR) is 93.2 cm³/mol. The molecule has 0 saturated carbocycles. The number of aromatic nitrogens is 2. The lowest BCUT2D eigenvalue weighted by atomic mass is 10.1. The number of hydrogen-bond acceptors (Lipinski definition) is 5. The highest BCUT2D eigenvalue weighted by Gasteiger charge is 2.11. The molecule has 24 heavy (non-hydrogen) atoms. The van der Waals surface area contributed by atoms with E-state index in [2.05, 4.69) is 15.7 Å². The van der Waals surface area contributed by atoms with Crippen LogP contribution in [-0.2, 0) is 16.1 Å². The van der Waals surface area contributed by atoms with Crippen LogP contribution in [0.1, 0.15) is 10.4 Å². The maximum atomic E-state index is 12.1. The fourth-order valence-corrected chi connectivity index (χ4v) is 1.91. The molecule has 2 rings (SSSR count). The summed E-state index contributed by atoms with van der Waals surface area (Å²) >= 11 is 0. The second kappa shape index (κ2) is 9.53. The molecule has 1 aromatic carbocycles. The topological polar surface area (TPSA) is 111 Å². The average molecular weight is 354 g/mol. The minimum Gasteiger partial charge on any atom is -0.398 e. The molecule has 1 aromatic heterocycles. The van der Waals surface area contributed by atoms with Gasteiger partial charge in [0, 0.05) is 25.5 Å². The van der Waals surface area contributed by atoms with Gasteiger partial charge in [0.05, 0.1) is 24.1 Å². The minimum absolute atomic E-state index is 0. The van der Waals surface area contributed by atoms with E-state index in [-0.39, 0.29) is 30.8 Å². The normalized spacial score (nSPS) is 9.88. The second-order valence-electron chi connectivity index (χ2n) is 4.81. The largest absolute Gasteiger partial charge is 0.398 e. The van der Waals surface area contributed by atoms with Crippen LogP contribution < -0.4 is 16.4 Å². The molecule has 0 bridgehead atoms. The Labute approximate surface area is 145 Å². The molecule has 0 aliphatic carbocycles. The molecule has 0 fully saturated rings. The van der Waals surface area contributed by atoms with E-state index in [1.807, 2.05) is 0 Å². The SMILES string of the molecule is COCCNC(=O)Cn1cc(NC(=O)c2ccccc2N)cn1.Cl. The molecule has 0 saturated heterocycles. The predicted octanol–water partition coefficient (Wildman–Crippen LogP) is 0.902. The third-order valence-electron chi connectivity index (χ3n) is 3.03. The molecular weight excluding hydrogens is 334 g/mol. The van der Waals surface area contributed by atoms with Crippen molar-refractivity contribution in [2.45, 2.75) is 6.54 Å². The van der Waals surface area contributed by atoms with Crippen molar-refractivity contribution in [3.8, 4) is 0 Å². The summed E-state index contributed by atoms with van der Waals surface area (Å²) in [4.78, 5) is 23.8. The lowest BCUT2D eigenvalue weighted by molar-refractivity contribution is -0.122. The Kier molecular flexibility index (Phi) is 7.73. The van der Waals surface area contributed by atoms with E-state index < -0.39 is 0 Å². The van der Waals surface area contributed by atoms with Gasteiger partial charge in [-0.3, -0.25) is 14.3 Å². The van der Waals surface area contributed by atoms with Crippen molar-refractivity contribution in [2.24, 2.45) is 0 Å². The first kappa shape index (κ1) is 19.5. The van der Waals surface area contributed by atoms with Gasteiger partial charge in [0.2, 0.25) is 5.91 Å². The van der Waals surface area contributed by atoms with Gasteiger partial charge in [0.15, 0.2) is 0 Å². The summed E-state index contributed by atoms with van der Waals surface area (Å²) in [5.41, 5.74) is 7.03. The van der Waals surface area contributed by atoms with E-state index >= 15 is 0 Å². The van der Waals surface area contributed by atoms with Gasteiger partial charge in [-0.1, -0.05) is 12.1 Å². The molecule has 0 aliphatic rings. The number of benzene rings is 1. The quantitative estimate of drug-likeness (QED) is 0.506. The molecule has 0 radical (unpaired) electrons. The molecule has 8 nitrogen and oxygen atoms in total. The molecule has 0 aliphatic heterocycles. The molecule has 9 heteroatoms. The number of anilines is 2. The number of nitrogens with two attached hydrogens (primary N) is 1. The van der Waals surface area contributed by atoms with Gasteiger partial charge < -0.3 is 21.1 Å². The number of carbonyl (C=O) groups excluding carboxylic acids is 2. The third-order valence-corrected chi connectivity index (χ3v) is 3.03. The lowest BCUT2D eigenvalue weighted by Gasteiger charge is -2.05. The third kappa shape index (κ3) is 5.56. The summed E-state index contributed by atoms with van der Waals surface area (Å²) in [6.45, 7) is 0.950. The zero-order chi connectivity index (χ0) is 16.7. The lowest BCUT2D eigenvalue weighted by Crippen LogP contribution is -2.30. The van der Waals surface area contributed by atoms with Crippen LogP contribution in [0.25, 0.3) is 0 Å². The van der Waals surface area contributed by atoms with Gasteiger partial charge in [-0.25, -0.2) is 0 Å². The van der Waals surface area contributed by atoms with Crippen LogP contribution in [0.3, 0.4) is 0 Å². The van der Waals surface area contributed by atoms with Crippen molar-refractivity contribution in [2.75, 3.05) is 31.3 Å². The van der Waals surface area contributed by atoms with Crippen LogP contribution in [-0.4, -0.2) is 41.9 Å². The van der Waals surface area contributed by atoms with Gasteiger partial charge in [-0.2, -0.15) is 5.10 Å². The van der Waals surface area contributed by atoms with Crippen molar-refractivity contribution in [3.63, 3.8) is 0 Å². The monoisotopic (exact) mass is 353 g/mol. The van der Waals surface area contributed by atoms with E-state index in [0.29, 0.717) is 30.1 Å². The van der Waals surface area contributed by atoms with E-state index in [9.17, 15) is 9.59 Å². The number of nitrogens with zero attached hydrogens (tertiary/aromatic N) is 2. The summed E-state index contributed by atoms with van der Waals surface area (Å²) in [6, 6.07) is 6.78. The van der Waals surface area contributed by atoms with Crippen LogP contribution in [0.2, 0.25) is 0 Å². The fraction of sp³-hybridized carbons (Fsp3) is 0.267. The minimum atomic E-state index is -0.327. The molecule has 0 spiro atoms. The van der Waals surface area contributed by atoms with Crippen molar-refractivity contribution < 1.29 is 14.3 Å². The van der Waals surface area contributed by atoms with Gasteiger partial charge in [0.1, 0.15) is 6.54 Å². The van der Waals surface area contributed by atoms with E-state index in [1.54, 1.807) is 37.6 Å². The number of para-hydroxylation sites is 1. The van der Waals surface area contributed by atoms with Crippen LogP contribution in [0.4, 0.5) is 11.4 Å². The zero-order valence-electron chi connectivity index (χ0n) is 13.2. The molecule has 130 valence electrons. The molecular formula is C15H20ClN5O3. The maximum absolute atomic E-state index is 12.1. The summed E-state index contributed by atoms with van der Waals surface area (Å²) in [5, 5.41) is 9.41. The maximum Gasteiger partial charge on any atom is 0.257 e. The van der Waals surface area contributed by atoms with Crippen molar-refractivity contribution in [3.05, 3.63) is 42.2 Å². The van der Waals surface area contributed by atoms with Gasteiger partial charge in [-0.05, 0) is 12.1 Å². The average Bonchev–Trinajstić information content (AvgIpc) is 2.94. The Bertz CT molecular complexity index is 689. The highest BCUT2D eigenvalue weighted by molar-refractivity contribution is 6.07. The number of amides is 2. The Hall–Kier alpha value is -2.58. The molecule has 1 heterocycles. The van der Waals surface area contributed by atoms with Crippen molar-refractivity contribution in [1.29, 1.82) is 0 Å². The van der Waals surface area contributed by atoms with E-state index in [1.165, 1.54) is 10.9 Å². The standard InChI is InChI=1S/C15H19N5O3.ClH/c1-23-7-6-17-14(21)10-20-9-11(8-18-20)19-15(22)12-4-2-3-5-13(12)16;/h2-5,8-9H,6-7,10,16H2,1H3,(H,17,21)(H,19,22);1H. The fourth-order valence-electron chi connectivity index (χ4n) is 1.91. The van der Waals surface area contributed by atoms with Crippen molar-refractivity contribution >= 4 is 35.6 Å². The number of rotatable bonds is 7. The summed E-state index contributed by atoms with van der Waals surface area (Å²) in [6.07, 6.45) is 3.05. The summed E-state index contributed by atoms with van der Waals surface area (Å²) in [5.74, 6) is -0.512. The van der Waals surface area contributed by atoms with Crippen LogP contribution in [0.15, 0.2) is 36.7 Å². The molecule has 2 amide bonds. The summed E-state index contributed by atoms with van der Waals surface area (Å²) in [7, 11) is 1.56. The number of hydrogen-bond donors (Lipinski definition) is 3. The Morgan fingerprint density at radius 3 is 2.79 bits per heavy atom. The number of nitrogen functional groups attached to an aromatic ring is 1. The molecule has 0 unspecified atom stereocenters. The number of nitrogens with one attached hydrogen (secondary N) is 2. The van der Waals surface area contributed by atoms with Crippen LogP contribution in [0.5, 0.6) is 0 Å². The first-order chi connectivity index (χ1) is 11.1. The van der Waals surface area contributed by atoms with Crippen molar-refractivity contribution in [1.82, 2.24) is 15.1 Å². The van der Waals surface area contributed by atoms with Crippen LogP contribution in [0, 0.1) is 0 Å². The smallest absolute Gasteiger partial charge is 0.257 e.